The van der Waals surface area contributed by atoms with Gasteiger partial charge in [0.25, 0.3) is 0 Å². The minimum atomic E-state index is 0. The molecule has 0 aromatic heterocycles. The monoisotopic (exact) mass is 320 g/mol. The number of carbonyl (C=O) groups excluding carboxylic acids is 1. The van der Waals surface area contributed by atoms with E-state index >= 15 is 0 Å². The van der Waals surface area contributed by atoms with Crippen molar-refractivity contribution in [2.75, 3.05) is 0 Å². The Hall–Kier alpha value is -0.00610. The summed E-state index contributed by atoms with van der Waals surface area (Å²) in [4.78, 5) is 10.5. The first-order valence-corrected chi connectivity index (χ1v) is 6.63. The van der Waals surface area contributed by atoms with Crippen molar-refractivity contribution in [3.8, 4) is 0 Å². The molecule has 0 amide bonds. The summed E-state index contributed by atoms with van der Waals surface area (Å²) in [5, 5.41) is 0. The van der Waals surface area contributed by atoms with Crippen LogP contribution in [0.15, 0.2) is 12.1 Å². The summed E-state index contributed by atoms with van der Waals surface area (Å²) in [5.74, 6) is 1.33. The van der Waals surface area contributed by atoms with E-state index in [1.165, 1.54) is 42.4 Å². The zero-order chi connectivity index (χ0) is 12.3. The fourth-order valence-electron chi connectivity index (χ4n) is 2.81. The van der Waals surface area contributed by atoms with Gasteiger partial charge in [-0.3, -0.25) is 0 Å². The van der Waals surface area contributed by atoms with Crippen LogP contribution in [0, 0.1) is 25.8 Å². The first kappa shape index (κ1) is 16.0. The first-order valence-electron chi connectivity index (χ1n) is 6.63. The summed E-state index contributed by atoms with van der Waals surface area (Å²) in [6, 6.07) is 7.82. The van der Waals surface area contributed by atoms with Gasteiger partial charge in [0.05, 0.1) is 0 Å². The van der Waals surface area contributed by atoms with Crippen molar-refractivity contribution in [1.82, 2.24) is 0 Å². The van der Waals surface area contributed by atoms with Gasteiger partial charge in [-0.15, -0.1) is 0 Å². The smallest absolute Gasteiger partial charge is 0.120 e. The van der Waals surface area contributed by atoms with Gasteiger partial charge < -0.3 is 4.79 Å². The van der Waals surface area contributed by atoms with E-state index in [1.54, 1.807) is 0 Å². The molecular formula is C16H23OY-. The standard InChI is InChI=1S/C16H21O.Y.H2/c1-12-3-6-16(11-13(12)2)15-7-4-14(5-8-15)9-10-17;;/h6,10-11,14-15H,4-5,7-9H2,1-2H3;;1H/q-1;;. The maximum Gasteiger partial charge on any atom is 0.120 e. The van der Waals surface area contributed by atoms with E-state index < -0.39 is 0 Å². The fraction of sp³-hybridized carbons (Fsp3) is 0.562. The maximum absolute atomic E-state index is 10.5. The van der Waals surface area contributed by atoms with E-state index in [4.69, 9.17) is 0 Å². The third-order valence-electron chi connectivity index (χ3n) is 4.18. The molecule has 1 saturated carbocycles. The molecule has 1 nitrogen and oxygen atoms in total. The number of benzene rings is 1. The fourth-order valence-corrected chi connectivity index (χ4v) is 2.81. The molecular weight excluding hydrogens is 297 g/mol. The molecule has 2 heteroatoms. The Morgan fingerprint density at radius 3 is 2.56 bits per heavy atom. The average molecular weight is 320 g/mol. The van der Waals surface area contributed by atoms with Crippen LogP contribution in [-0.4, -0.2) is 6.29 Å². The van der Waals surface area contributed by atoms with Crippen LogP contribution in [-0.2, 0) is 37.5 Å². The van der Waals surface area contributed by atoms with Crippen LogP contribution >= 0.6 is 0 Å². The van der Waals surface area contributed by atoms with Gasteiger partial charge in [-0.1, -0.05) is 45.4 Å². The van der Waals surface area contributed by atoms with Gasteiger partial charge >= 0.3 is 0 Å². The van der Waals surface area contributed by atoms with Crippen molar-refractivity contribution in [2.45, 2.75) is 51.9 Å². The summed E-state index contributed by atoms with van der Waals surface area (Å²) < 4.78 is 0. The second-order valence-electron chi connectivity index (χ2n) is 5.36. The molecule has 0 N–H and O–H groups in total. The predicted octanol–water partition coefficient (Wildman–Crippen LogP) is 4.21. The molecule has 1 aliphatic rings. The molecule has 1 aliphatic carbocycles. The van der Waals surface area contributed by atoms with Gasteiger partial charge in [-0.05, 0) is 5.92 Å². The number of hydrogen-bond acceptors (Lipinski definition) is 1. The number of aldehydes is 1. The molecule has 0 bridgehead atoms. The molecule has 0 aliphatic heterocycles. The van der Waals surface area contributed by atoms with Gasteiger partial charge in [-0.25, -0.2) is 0 Å². The molecule has 0 heterocycles. The van der Waals surface area contributed by atoms with Gasteiger partial charge in [0.2, 0.25) is 0 Å². The first-order chi connectivity index (χ1) is 8.20. The minimum Gasteiger partial charge on any atom is -0.303 e. The van der Waals surface area contributed by atoms with E-state index in [0.717, 1.165) is 12.7 Å². The summed E-state index contributed by atoms with van der Waals surface area (Å²) in [6.45, 7) is 4.27. The Bertz CT molecular complexity index is 398. The minimum absolute atomic E-state index is 0. The van der Waals surface area contributed by atoms with Crippen molar-refractivity contribution in [2.24, 2.45) is 5.92 Å². The Kier molecular flexibility index (Phi) is 6.73. The molecule has 1 fully saturated rings. The van der Waals surface area contributed by atoms with Crippen LogP contribution < -0.4 is 0 Å². The van der Waals surface area contributed by atoms with Crippen LogP contribution in [0.3, 0.4) is 0 Å². The molecule has 97 valence electrons. The molecule has 1 radical (unpaired) electrons. The number of hydrogen-bond donors (Lipinski definition) is 0. The van der Waals surface area contributed by atoms with Crippen LogP contribution in [0.2, 0.25) is 0 Å². The SMILES string of the molecule is Cc1[c-]cc(C2CCC(CC=O)CC2)cc1C.[HH].[Y]. The summed E-state index contributed by atoms with van der Waals surface area (Å²) in [5.41, 5.74) is 4.04. The summed E-state index contributed by atoms with van der Waals surface area (Å²) in [6.07, 6.45) is 6.71. The predicted molar refractivity (Wildman–Crippen MR) is 72.2 cm³/mol. The zero-order valence-electron chi connectivity index (χ0n) is 11.4. The third kappa shape index (κ3) is 4.00. The van der Waals surface area contributed by atoms with Gasteiger partial charge in [0.15, 0.2) is 0 Å². The number of carbonyl (C=O) groups is 1. The molecule has 18 heavy (non-hydrogen) atoms. The molecule has 1 aromatic carbocycles. The normalized spacial score (nSPS) is 23.2. The van der Waals surface area contributed by atoms with Gasteiger partial charge in [0, 0.05) is 40.6 Å². The molecule has 0 spiro atoms. The quantitative estimate of drug-likeness (QED) is 0.602. The van der Waals surface area contributed by atoms with E-state index in [0.29, 0.717) is 11.8 Å². The second-order valence-corrected chi connectivity index (χ2v) is 5.36. The topological polar surface area (TPSA) is 17.1 Å². The van der Waals surface area contributed by atoms with E-state index in [2.05, 4.69) is 32.0 Å². The molecule has 2 rings (SSSR count). The van der Waals surface area contributed by atoms with Crippen molar-refractivity contribution < 1.29 is 38.9 Å². The van der Waals surface area contributed by atoms with Crippen LogP contribution in [0.4, 0.5) is 0 Å². The number of rotatable bonds is 3. The third-order valence-corrected chi connectivity index (χ3v) is 4.18. The second kappa shape index (κ2) is 7.55. The number of aryl methyl sites for hydroxylation is 2. The van der Waals surface area contributed by atoms with Gasteiger partial charge in [-0.2, -0.15) is 34.9 Å². The van der Waals surface area contributed by atoms with Crippen molar-refractivity contribution in [3.63, 3.8) is 0 Å². The largest absolute Gasteiger partial charge is 0.303 e. The Balaban J connectivity index is 0.00000162. The maximum atomic E-state index is 10.5. The van der Waals surface area contributed by atoms with Crippen LogP contribution in [0.1, 0.15) is 56.1 Å². The van der Waals surface area contributed by atoms with Crippen LogP contribution in [0.25, 0.3) is 0 Å². The Morgan fingerprint density at radius 1 is 1.33 bits per heavy atom. The Morgan fingerprint density at radius 2 is 2.00 bits per heavy atom. The zero-order valence-corrected chi connectivity index (χ0v) is 14.2. The van der Waals surface area contributed by atoms with E-state index in [-0.39, 0.29) is 34.1 Å². The summed E-state index contributed by atoms with van der Waals surface area (Å²) >= 11 is 0. The van der Waals surface area contributed by atoms with Crippen molar-refractivity contribution in [1.29, 1.82) is 0 Å². The molecule has 0 atom stereocenters. The van der Waals surface area contributed by atoms with E-state index in [9.17, 15) is 4.79 Å². The Labute approximate surface area is 137 Å². The summed E-state index contributed by atoms with van der Waals surface area (Å²) in [7, 11) is 0. The van der Waals surface area contributed by atoms with Crippen LogP contribution in [0.5, 0.6) is 0 Å². The average Bonchev–Trinajstić information content (AvgIpc) is 2.34. The van der Waals surface area contributed by atoms with Gasteiger partial charge in [0.1, 0.15) is 6.29 Å². The molecule has 0 saturated heterocycles. The van der Waals surface area contributed by atoms with Crippen molar-refractivity contribution in [3.05, 3.63) is 34.9 Å². The van der Waals surface area contributed by atoms with Crippen molar-refractivity contribution >= 4 is 6.29 Å². The van der Waals surface area contributed by atoms with E-state index in [1.807, 2.05) is 0 Å². The molecule has 0 unspecified atom stereocenters. The molecule has 1 aromatic rings.